The SMILES string of the molecule is Cn1cnc(Oc2cnccc2CN)n1. The fourth-order valence-electron chi connectivity index (χ4n) is 1.13. The van der Waals surface area contributed by atoms with Gasteiger partial charge in [-0.2, -0.15) is 4.98 Å². The molecule has 0 spiro atoms. The van der Waals surface area contributed by atoms with Crippen molar-refractivity contribution in [2.45, 2.75) is 6.54 Å². The third-order valence-corrected chi connectivity index (χ3v) is 1.87. The third-order valence-electron chi connectivity index (χ3n) is 1.87. The molecule has 6 heteroatoms. The molecule has 2 rings (SSSR count). The van der Waals surface area contributed by atoms with Crippen molar-refractivity contribution in [3.05, 3.63) is 30.4 Å². The molecule has 0 atom stereocenters. The predicted octanol–water partition coefficient (Wildman–Crippen LogP) is 0.461. The van der Waals surface area contributed by atoms with Gasteiger partial charge in [-0.15, -0.1) is 5.10 Å². The Bertz CT molecular complexity index is 453. The van der Waals surface area contributed by atoms with Gasteiger partial charge in [0.15, 0.2) is 5.75 Å². The van der Waals surface area contributed by atoms with Crippen LogP contribution in [0.2, 0.25) is 0 Å². The fraction of sp³-hybridized carbons (Fsp3) is 0.222. The second-order valence-electron chi connectivity index (χ2n) is 2.99. The van der Waals surface area contributed by atoms with Gasteiger partial charge < -0.3 is 10.5 Å². The maximum absolute atomic E-state index is 5.56. The maximum atomic E-state index is 5.56. The molecule has 0 aliphatic heterocycles. The van der Waals surface area contributed by atoms with Gasteiger partial charge in [-0.25, -0.2) is 0 Å². The molecule has 0 bridgehead atoms. The van der Waals surface area contributed by atoms with Gasteiger partial charge in [0.1, 0.15) is 6.33 Å². The van der Waals surface area contributed by atoms with Crippen LogP contribution in [0.3, 0.4) is 0 Å². The van der Waals surface area contributed by atoms with Gasteiger partial charge in [0.2, 0.25) is 0 Å². The van der Waals surface area contributed by atoms with E-state index in [0.717, 1.165) is 5.56 Å². The van der Waals surface area contributed by atoms with Crippen LogP contribution in [-0.4, -0.2) is 19.7 Å². The normalized spacial score (nSPS) is 10.3. The van der Waals surface area contributed by atoms with Gasteiger partial charge in [0.05, 0.1) is 6.20 Å². The summed E-state index contributed by atoms with van der Waals surface area (Å²) in [5.41, 5.74) is 6.43. The van der Waals surface area contributed by atoms with Gasteiger partial charge >= 0.3 is 6.01 Å². The summed E-state index contributed by atoms with van der Waals surface area (Å²) >= 11 is 0. The van der Waals surface area contributed by atoms with E-state index in [4.69, 9.17) is 10.5 Å². The Morgan fingerprint density at radius 1 is 1.53 bits per heavy atom. The van der Waals surface area contributed by atoms with E-state index in [0.29, 0.717) is 18.3 Å². The predicted molar refractivity (Wildman–Crippen MR) is 53.2 cm³/mol. The lowest BCUT2D eigenvalue weighted by molar-refractivity contribution is 0.432. The zero-order chi connectivity index (χ0) is 10.7. The number of hydrogen-bond donors (Lipinski definition) is 1. The Kier molecular flexibility index (Phi) is 2.59. The summed E-state index contributed by atoms with van der Waals surface area (Å²) in [6, 6.07) is 2.10. The fourth-order valence-corrected chi connectivity index (χ4v) is 1.13. The number of hydrogen-bond acceptors (Lipinski definition) is 5. The van der Waals surface area contributed by atoms with Crippen molar-refractivity contribution in [3.63, 3.8) is 0 Å². The zero-order valence-electron chi connectivity index (χ0n) is 8.29. The van der Waals surface area contributed by atoms with E-state index >= 15 is 0 Å². The molecule has 2 aromatic rings. The van der Waals surface area contributed by atoms with E-state index in [1.165, 1.54) is 0 Å². The van der Waals surface area contributed by atoms with E-state index in [1.54, 1.807) is 36.5 Å². The summed E-state index contributed by atoms with van der Waals surface area (Å²) in [5.74, 6) is 0.589. The summed E-state index contributed by atoms with van der Waals surface area (Å²) in [4.78, 5) is 7.90. The molecule has 0 saturated carbocycles. The quantitative estimate of drug-likeness (QED) is 0.787. The zero-order valence-corrected chi connectivity index (χ0v) is 8.29. The van der Waals surface area contributed by atoms with Crippen LogP contribution in [0.25, 0.3) is 0 Å². The number of aromatic nitrogens is 4. The number of nitrogens with two attached hydrogens (primary N) is 1. The van der Waals surface area contributed by atoms with Crippen LogP contribution < -0.4 is 10.5 Å². The van der Waals surface area contributed by atoms with Gasteiger partial charge in [-0.3, -0.25) is 9.67 Å². The topological polar surface area (TPSA) is 78.8 Å². The molecular formula is C9H11N5O. The molecule has 0 aromatic carbocycles. The highest BCUT2D eigenvalue weighted by atomic mass is 16.5. The van der Waals surface area contributed by atoms with Crippen LogP contribution in [0, 0.1) is 0 Å². The first kappa shape index (κ1) is 9.60. The van der Waals surface area contributed by atoms with Crippen molar-refractivity contribution < 1.29 is 4.74 Å². The monoisotopic (exact) mass is 205 g/mol. The minimum atomic E-state index is 0.292. The minimum absolute atomic E-state index is 0.292. The first-order valence-electron chi connectivity index (χ1n) is 4.46. The highest BCUT2D eigenvalue weighted by Gasteiger charge is 2.06. The van der Waals surface area contributed by atoms with E-state index < -0.39 is 0 Å². The Balaban J connectivity index is 2.23. The second kappa shape index (κ2) is 4.05. The van der Waals surface area contributed by atoms with Gasteiger partial charge in [-0.05, 0) is 6.07 Å². The molecule has 6 nitrogen and oxygen atoms in total. The molecule has 15 heavy (non-hydrogen) atoms. The van der Waals surface area contributed by atoms with Crippen molar-refractivity contribution in [1.29, 1.82) is 0 Å². The largest absolute Gasteiger partial charge is 0.421 e. The van der Waals surface area contributed by atoms with Crippen molar-refractivity contribution in [1.82, 2.24) is 19.7 Å². The van der Waals surface area contributed by atoms with Crippen LogP contribution in [0.5, 0.6) is 11.8 Å². The standard InChI is InChI=1S/C9H11N5O/c1-14-6-12-9(13-14)15-8-5-11-3-2-7(8)4-10/h2-3,5-6H,4,10H2,1H3. The van der Waals surface area contributed by atoms with Crippen molar-refractivity contribution >= 4 is 0 Å². The molecule has 0 amide bonds. The van der Waals surface area contributed by atoms with Crippen molar-refractivity contribution in [3.8, 4) is 11.8 Å². The van der Waals surface area contributed by atoms with E-state index in [1.807, 2.05) is 0 Å². The molecule has 2 N–H and O–H groups in total. The number of nitrogens with zero attached hydrogens (tertiary/aromatic N) is 4. The second-order valence-corrected chi connectivity index (χ2v) is 2.99. The molecule has 2 heterocycles. The van der Waals surface area contributed by atoms with E-state index in [9.17, 15) is 0 Å². The first-order chi connectivity index (χ1) is 7.29. The van der Waals surface area contributed by atoms with Crippen LogP contribution in [-0.2, 0) is 13.6 Å². The van der Waals surface area contributed by atoms with Crippen LogP contribution in [0.4, 0.5) is 0 Å². The highest BCUT2D eigenvalue weighted by Crippen LogP contribution is 2.20. The minimum Gasteiger partial charge on any atom is -0.421 e. The van der Waals surface area contributed by atoms with Crippen molar-refractivity contribution in [2.75, 3.05) is 0 Å². The lowest BCUT2D eigenvalue weighted by Crippen LogP contribution is -2.00. The van der Waals surface area contributed by atoms with Gasteiger partial charge in [-0.1, -0.05) is 0 Å². The summed E-state index contributed by atoms with van der Waals surface area (Å²) in [6.45, 7) is 0.394. The number of rotatable bonds is 3. The summed E-state index contributed by atoms with van der Waals surface area (Å²) in [7, 11) is 1.77. The molecule has 0 radical (unpaired) electrons. The molecule has 0 fully saturated rings. The number of aryl methyl sites for hydroxylation is 1. The van der Waals surface area contributed by atoms with Gasteiger partial charge in [0.25, 0.3) is 0 Å². The number of pyridine rings is 1. The summed E-state index contributed by atoms with van der Waals surface area (Å²) in [5, 5.41) is 4.00. The third kappa shape index (κ3) is 2.10. The van der Waals surface area contributed by atoms with E-state index in [2.05, 4.69) is 15.1 Å². The van der Waals surface area contributed by atoms with Crippen LogP contribution in [0.15, 0.2) is 24.8 Å². The van der Waals surface area contributed by atoms with Crippen LogP contribution in [0.1, 0.15) is 5.56 Å². The Morgan fingerprint density at radius 3 is 3.07 bits per heavy atom. The maximum Gasteiger partial charge on any atom is 0.341 e. The Morgan fingerprint density at radius 2 is 2.40 bits per heavy atom. The average molecular weight is 205 g/mol. The molecule has 0 saturated heterocycles. The number of ether oxygens (including phenoxy) is 1. The molecule has 0 aliphatic carbocycles. The van der Waals surface area contributed by atoms with Crippen molar-refractivity contribution in [2.24, 2.45) is 12.8 Å². The van der Waals surface area contributed by atoms with Gasteiger partial charge in [0, 0.05) is 25.4 Å². The lowest BCUT2D eigenvalue weighted by atomic mass is 10.2. The summed E-state index contributed by atoms with van der Waals surface area (Å²) in [6.07, 6.45) is 4.83. The molecule has 78 valence electrons. The molecule has 0 aliphatic rings. The first-order valence-corrected chi connectivity index (χ1v) is 4.46. The Hall–Kier alpha value is -1.95. The molecular weight excluding hydrogens is 194 g/mol. The summed E-state index contributed by atoms with van der Waals surface area (Å²) < 4.78 is 7.00. The molecule has 0 unspecified atom stereocenters. The molecule has 2 aromatic heterocycles. The van der Waals surface area contributed by atoms with E-state index in [-0.39, 0.29) is 0 Å². The average Bonchev–Trinajstić information content (AvgIpc) is 2.65. The lowest BCUT2D eigenvalue weighted by Gasteiger charge is -2.04. The highest BCUT2D eigenvalue weighted by molar-refractivity contribution is 5.31. The van der Waals surface area contributed by atoms with Crippen LogP contribution >= 0.6 is 0 Å². The smallest absolute Gasteiger partial charge is 0.341 e. The Labute approximate surface area is 86.7 Å².